The van der Waals surface area contributed by atoms with Gasteiger partial charge in [0.2, 0.25) is 0 Å². The number of hydrogen-bond acceptors (Lipinski definition) is 5. The van der Waals surface area contributed by atoms with Crippen molar-refractivity contribution in [2.45, 2.75) is 6.54 Å². The number of carboxylic acid groups (broad SMARTS) is 1. The number of benzene rings is 2. The number of amides is 1. The number of nitrogens with one attached hydrogen (secondary N) is 1. The third-order valence-corrected chi connectivity index (χ3v) is 3.84. The number of carbonyl (C=O) groups is 2. The summed E-state index contributed by atoms with van der Waals surface area (Å²) >= 11 is 6.13. The molecule has 0 atom stereocenters. The van der Waals surface area contributed by atoms with Crippen molar-refractivity contribution >= 4 is 29.6 Å². The molecule has 0 aliphatic heterocycles. The van der Waals surface area contributed by atoms with Gasteiger partial charge in [-0.3, -0.25) is 4.79 Å². The minimum Gasteiger partial charge on any atom is -0.493 e. The van der Waals surface area contributed by atoms with Crippen LogP contribution in [0.1, 0.15) is 11.1 Å². The molecule has 0 unspecified atom stereocenters. The lowest BCUT2D eigenvalue weighted by molar-refractivity contribution is -0.139. The molecule has 0 spiro atoms. The van der Waals surface area contributed by atoms with Gasteiger partial charge in [0.05, 0.1) is 12.1 Å². The summed E-state index contributed by atoms with van der Waals surface area (Å²) < 4.78 is 10.3. The second-order valence-corrected chi connectivity index (χ2v) is 5.96. The summed E-state index contributed by atoms with van der Waals surface area (Å²) in [6.45, 7) is -0.304. The molecule has 7 nitrogen and oxygen atoms in total. The van der Waals surface area contributed by atoms with Gasteiger partial charge in [-0.25, -0.2) is 4.79 Å². The minimum atomic E-state index is -1.16. The molecule has 2 aromatic carbocycles. The molecule has 2 aromatic rings. The first-order valence-electron chi connectivity index (χ1n) is 8.10. The molecule has 0 heterocycles. The Hall–Kier alpha value is -3.50. The van der Waals surface area contributed by atoms with Crippen LogP contribution >= 0.6 is 11.6 Å². The van der Waals surface area contributed by atoms with Gasteiger partial charge >= 0.3 is 5.97 Å². The van der Waals surface area contributed by atoms with E-state index in [1.807, 2.05) is 36.4 Å². The summed E-state index contributed by atoms with van der Waals surface area (Å²) in [5, 5.41) is 20.8. The van der Waals surface area contributed by atoms with Crippen molar-refractivity contribution in [2.24, 2.45) is 0 Å². The first-order valence-corrected chi connectivity index (χ1v) is 8.48. The summed E-state index contributed by atoms with van der Waals surface area (Å²) in [6, 6.07) is 14.1. The number of nitrogens with zero attached hydrogens (tertiary/aromatic N) is 1. The van der Waals surface area contributed by atoms with Gasteiger partial charge in [0.1, 0.15) is 11.6 Å². The zero-order valence-electron chi connectivity index (χ0n) is 14.9. The number of nitriles is 1. The van der Waals surface area contributed by atoms with Crippen molar-refractivity contribution < 1.29 is 24.2 Å². The SMILES string of the molecule is COc1cc(/C=C(/C#N)C(=O)NCc2ccccc2)cc(Cl)c1OCC(=O)O. The zero-order chi connectivity index (χ0) is 20.5. The highest BCUT2D eigenvalue weighted by Gasteiger charge is 2.15. The summed E-state index contributed by atoms with van der Waals surface area (Å²) in [6.07, 6.45) is 1.36. The van der Waals surface area contributed by atoms with E-state index in [9.17, 15) is 14.9 Å². The maximum absolute atomic E-state index is 12.3. The Kier molecular flexibility index (Phi) is 7.43. The van der Waals surface area contributed by atoms with Gasteiger partial charge in [0.25, 0.3) is 5.91 Å². The standard InChI is InChI=1S/C20H17ClN2O5/c1-27-17-9-14(8-16(21)19(17)28-12-18(24)25)7-15(10-22)20(26)23-11-13-5-3-2-4-6-13/h2-9H,11-12H2,1H3,(H,23,26)(H,24,25)/b15-7-. The normalized spacial score (nSPS) is 10.7. The molecule has 0 aliphatic carbocycles. The fraction of sp³-hybridized carbons (Fsp3) is 0.150. The van der Waals surface area contributed by atoms with Crippen LogP contribution in [0.5, 0.6) is 11.5 Å². The van der Waals surface area contributed by atoms with E-state index >= 15 is 0 Å². The Labute approximate surface area is 166 Å². The molecule has 0 aliphatic rings. The second-order valence-electron chi connectivity index (χ2n) is 5.55. The van der Waals surface area contributed by atoms with Crippen LogP contribution in [-0.4, -0.2) is 30.7 Å². The number of methoxy groups -OCH3 is 1. The highest BCUT2D eigenvalue weighted by molar-refractivity contribution is 6.32. The number of rotatable bonds is 8. The van der Waals surface area contributed by atoms with Gasteiger partial charge in [-0.2, -0.15) is 5.26 Å². The van der Waals surface area contributed by atoms with Crippen molar-refractivity contribution in [2.75, 3.05) is 13.7 Å². The van der Waals surface area contributed by atoms with E-state index in [0.717, 1.165) is 5.56 Å². The van der Waals surface area contributed by atoms with Gasteiger partial charge in [0, 0.05) is 6.54 Å². The Bertz CT molecular complexity index is 936. The summed E-state index contributed by atoms with van der Waals surface area (Å²) in [5.41, 5.74) is 1.21. The Morgan fingerprint density at radius 3 is 2.61 bits per heavy atom. The maximum atomic E-state index is 12.3. The van der Waals surface area contributed by atoms with Gasteiger partial charge in [-0.15, -0.1) is 0 Å². The summed E-state index contributed by atoms with van der Waals surface area (Å²) in [7, 11) is 1.37. The third kappa shape index (κ3) is 5.76. The van der Waals surface area contributed by atoms with Crippen LogP contribution < -0.4 is 14.8 Å². The van der Waals surface area contributed by atoms with Crippen LogP contribution in [-0.2, 0) is 16.1 Å². The van der Waals surface area contributed by atoms with E-state index < -0.39 is 18.5 Å². The zero-order valence-corrected chi connectivity index (χ0v) is 15.7. The molecular formula is C20H17ClN2O5. The number of ether oxygens (including phenoxy) is 2. The number of carbonyl (C=O) groups excluding carboxylic acids is 1. The van der Waals surface area contributed by atoms with E-state index in [1.165, 1.54) is 25.3 Å². The van der Waals surface area contributed by atoms with Crippen molar-refractivity contribution in [1.82, 2.24) is 5.32 Å². The maximum Gasteiger partial charge on any atom is 0.341 e. The third-order valence-electron chi connectivity index (χ3n) is 3.56. The molecule has 0 bridgehead atoms. The fourth-order valence-corrected chi connectivity index (χ4v) is 2.56. The average Bonchev–Trinajstić information content (AvgIpc) is 2.69. The summed E-state index contributed by atoms with van der Waals surface area (Å²) in [5.74, 6) is -1.45. The Morgan fingerprint density at radius 1 is 1.29 bits per heavy atom. The van der Waals surface area contributed by atoms with Crippen LogP contribution in [0.25, 0.3) is 6.08 Å². The summed E-state index contributed by atoms with van der Waals surface area (Å²) in [4.78, 5) is 23.0. The van der Waals surface area contributed by atoms with Crippen LogP contribution in [0.2, 0.25) is 5.02 Å². The first kappa shape index (κ1) is 20.8. The molecule has 28 heavy (non-hydrogen) atoms. The van der Waals surface area contributed by atoms with Crippen LogP contribution in [0.3, 0.4) is 0 Å². The Morgan fingerprint density at radius 2 is 2.00 bits per heavy atom. The van der Waals surface area contributed by atoms with Crippen LogP contribution in [0.15, 0.2) is 48.0 Å². The number of halogens is 1. The number of aliphatic carboxylic acids is 1. The van der Waals surface area contributed by atoms with Crippen LogP contribution in [0.4, 0.5) is 0 Å². The number of carboxylic acids is 1. The smallest absolute Gasteiger partial charge is 0.341 e. The van der Waals surface area contributed by atoms with Crippen molar-refractivity contribution in [3.05, 3.63) is 64.2 Å². The Balaban J connectivity index is 2.20. The molecule has 0 fully saturated rings. The average molecular weight is 401 g/mol. The molecular weight excluding hydrogens is 384 g/mol. The molecule has 2 N–H and O–H groups in total. The molecule has 0 aromatic heterocycles. The van der Waals surface area contributed by atoms with E-state index in [1.54, 1.807) is 0 Å². The first-order chi connectivity index (χ1) is 13.4. The van der Waals surface area contributed by atoms with E-state index in [4.69, 9.17) is 26.2 Å². The van der Waals surface area contributed by atoms with E-state index in [2.05, 4.69) is 5.32 Å². The molecule has 0 saturated heterocycles. The van der Waals surface area contributed by atoms with Gasteiger partial charge in [-0.1, -0.05) is 41.9 Å². The minimum absolute atomic E-state index is 0.0655. The predicted molar refractivity (Wildman–Crippen MR) is 103 cm³/mol. The molecule has 2 rings (SSSR count). The van der Waals surface area contributed by atoms with E-state index in [-0.39, 0.29) is 28.6 Å². The predicted octanol–water partition coefficient (Wildman–Crippen LogP) is 3.04. The van der Waals surface area contributed by atoms with Crippen molar-refractivity contribution in [1.29, 1.82) is 5.26 Å². The second kappa shape index (κ2) is 10.00. The van der Waals surface area contributed by atoms with Gasteiger partial charge in [0.15, 0.2) is 18.1 Å². The van der Waals surface area contributed by atoms with Crippen molar-refractivity contribution in [3.8, 4) is 17.6 Å². The van der Waals surface area contributed by atoms with E-state index in [0.29, 0.717) is 5.56 Å². The topological polar surface area (TPSA) is 109 Å². The highest BCUT2D eigenvalue weighted by Crippen LogP contribution is 2.37. The quantitative estimate of drug-likeness (QED) is 0.520. The number of hydrogen-bond donors (Lipinski definition) is 2. The van der Waals surface area contributed by atoms with Gasteiger partial charge in [-0.05, 0) is 29.3 Å². The molecule has 8 heteroatoms. The molecule has 144 valence electrons. The lowest BCUT2D eigenvalue weighted by atomic mass is 10.1. The fourth-order valence-electron chi connectivity index (χ4n) is 2.29. The highest BCUT2D eigenvalue weighted by atomic mass is 35.5. The molecule has 0 saturated carbocycles. The largest absolute Gasteiger partial charge is 0.493 e. The lowest BCUT2D eigenvalue weighted by Gasteiger charge is -2.12. The molecule has 0 radical (unpaired) electrons. The monoisotopic (exact) mass is 400 g/mol. The van der Waals surface area contributed by atoms with Crippen LogP contribution in [0, 0.1) is 11.3 Å². The lowest BCUT2D eigenvalue weighted by Crippen LogP contribution is -2.23. The van der Waals surface area contributed by atoms with Gasteiger partial charge < -0.3 is 19.9 Å². The molecule has 1 amide bonds. The van der Waals surface area contributed by atoms with Crippen molar-refractivity contribution in [3.63, 3.8) is 0 Å².